The molecular weight excluding hydrogens is 252 g/mol. The van der Waals surface area contributed by atoms with Crippen LogP contribution in [0.4, 0.5) is 0 Å². The summed E-state index contributed by atoms with van der Waals surface area (Å²) in [5.74, 6) is -3.03. The zero-order valence-electron chi connectivity index (χ0n) is 10.9. The Morgan fingerprint density at radius 3 is 2.37 bits per heavy atom. The third-order valence-electron chi connectivity index (χ3n) is 4.42. The first-order chi connectivity index (χ1) is 8.87. The summed E-state index contributed by atoms with van der Waals surface area (Å²) < 4.78 is 5.35. The molecule has 2 aliphatic rings. The maximum absolute atomic E-state index is 11.6. The molecule has 0 amide bonds. The second-order valence-corrected chi connectivity index (χ2v) is 5.69. The van der Waals surface area contributed by atoms with E-state index in [2.05, 4.69) is 0 Å². The van der Waals surface area contributed by atoms with E-state index in [0.717, 1.165) is 6.42 Å². The van der Waals surface area contributed by atoms with Crippen LogP contribution in [-0.4, -0.2) is 45.6 Å². The van der Waals surface area contributed by atoms with Crippen LogP contribution in [0.15, 0.2) is 0 Å². The maximum atomic E-state index is 11.6. The van der Waals surface area contributed by atoms with E-state index < -0.39 is 29.4 Å². The zero-order chi connectivity index (χ0) is 14.2. The average Bonchev–Trinajstić information content (AvgIpc) is 3.06. The minimum absolute atomic E-state index is 0.0309. The number of carboxylic acid groups (broad SMARTS) is 2. The van der Waals surface area contributed by atoms with E-state index in [4.69, 9.17) is 4.74 Å². The van der Waals surface area contributed by atoms with Gasteiger partial charge in [0.2, 0.25) is 0 Å². The molecule has 4 unspecified atom stereocenters. The van der Waals surface area contributed by atoms with Gasteiger partial charge in [0.15, 0.2) is 5.41 Å². The van der Waals surface area contributed by atoms with E-state index >= 15 is 0 Å². The van der Waals surface area contributed by atoms with Crippen molar-refractivity contribution in [2.75, 3.05) is 0 Å². The zero-order valence-corrected chi connectivity index (χ0v) is 10.9. The molecule has 0 aromatic carbocycles. The van der Waals surface area contributed by atoms with Crippen molar-refractivity contribution in [2.45, 2.75) is 57.3 Å². The number of hydrogen-bond donors (Lipinski definition) is 3. The molecule has 2 fully saturated rings. The summed E-state index contributed by atoms with van der Waals surface area (Å²) in [6.07, 6.45) is 1.43. The second kappa shape index (κ2) is 5.09. The highest BCUT2D eigenvalue weighted by Crippen LogP contribution is 2.48. The van der Waals surface area contributed by atoms with Crippen molar-refractivity contribution in [1.82, 2.24) is 0 Å². The van der Waals surface area contributed by atoms with Crippen LogP contribution in [0.5, 0.6) is 0 Å². The number of aliphatic hydroxyl groups is 1. The van der Waals surface area contributed by atoms with Gasteiger partial charge in [-0.2, -0.15) is 0 Å². The van der Waals surface area contributed by atoms with Crippen molar-refractivity contribution >= 4 is 11.9 Å². The van der Waals surface area contributed by atoms with Crippen molar-refractivity contribution in [3.63, 3.8) is 0 Å². The van der Waals surface area contributed by atoms with Gasteiger partial charge in [0.05, 0.1) is 18.3 Å². The molecule has 0 bridgehead atoms. The predicted molar refractivity (Wildman–Crippen MR) is 64.6 cm³/mol. The average molecular weight is 272 g/mol. The standard InChI is InChI=1S/C13H20O6/c1-7(14)4-5-13(11(15)16,12(17)18)8-2-3-9-10(6-8)19-9/h7-10,14H,2-6H2,1H3,(H,15,16)(H,17,18). The lowest BCUT2D eigenvalue weighted by molar-refractivity contribution is -0.171. The fraction of sp³-hybridized carbons (Fsp3) is 0.846. The maximum Gasteiger partial charge on any atom is 0.321 e. The molecule has 0 spiro atoms. The third kappa shape index (κ3) is 2.60. The second-order valence-electron chi connectivity index (χ2n) is 5.69. The highest BCUT2D eigenvalue weighted by Gasteiger charge is 2.57. The first kappa shape index (κ1) is 14.3. The number of carboxylic acids is 2. The fourth-order valence-electron chi connectivity index (χ4n) is 3.15. The van der Waals surface area contributed by atoms with Gasteiger partial charge in [0, 0.05) is 0 Å². The van der Waals surface area contributed by atoms with Gasteiger partial charge < -0.3 is 20.1 Å². The van der Waals surface area contributed by atoms with Crippen molar-refractivity contribution in [3.8, 4) is 0 Å². The van der Waals surface area contributed by atoms with Crippen molar-refractivity contribution in [2.24, 2.45) is 11.3 Å². The number of rotatable bonds is 6. The minimum atomic E-state index is -1.80. The van der Waals surface area contributed by atoms with Crippen LogP contribution in [0.25, 0.3) is 0 Å². The molecule has 1 aliphatic heterocycles. The number of ether oxygens (including phenoxy) is 1. The number of hydrogen-bond acceptors (Lipinski definition) is 4. The third-order valence-corrected chi connectivity index (χ3v) is 4.42. The molecule has 1 heterocycles. The minimum Gasteiger partial charge on any atom is -0.480 e. The summed E-state index contributed by atoms with van der Waals surface area (Å²) in [6.45, 7) is 1.54. The molecule has 1 saturated heterocycles. The first-order valence-electron chi connectivity index (χ1n) is 6.68. The number of aliphatic hydroxyl groups excluding tert-OH is 1. The van der Waals surface area contributed by atoms with Crippen LogP contribution < -0.4 is 0 Å². The highest BCUT2D eigenvalue weighted by atomic mass is 16.6. The summed E-state index contributed by atoms with van der Waals surface area (Å²) in [7, 11) is 0. The quantitative estimate of drug-likeness (QED) is 0.489. The Morgan fingerprint density at radius 2 is 1.89 bits per heavy atom. The summed E-state index contributed by atoms with van der Waals surface area (Å²) in [6, 6.07) is 0. The number of epoxide rings is 1. The van der Waals surface area contributed by atoms with Gasteiger partial charge in [-0.05, 0) is 44.9 Å². The van der Waals surface area contributed by atoms with Crippen LogP contribution in [-0.2, 0) is 14.3 Å². The van der Waals surface area contributed by atoms with Crippen molar-refractivity contribution in [3.05, 3.63) is 0 Å². The molecule has 0 radical (unpaired) electrons. The molecule has 2 rings (SSSR count). The van der Waals surface area contributed by atoms with Gasteiger partial charge in [-0.3, -0.25) is 9.59 Å². The summed E-state index contributed by atoms with van der Waals surface area (Å²) in [4.78, 5) is 23.2. The van der Waals surface area contributed by atoms with Gasteiger partial charge in [-0.1, -0.05) is 0 Å². The Labute approximate surface area is 111 Å². The lowest BCUT2D eigenvalue weighted by Crippen LogP contribution is -2.47. The van der Waals surface area contributed by atoms with E-state index in [-0.39, 0.29) is 25.0 Å². The smallest absolute Gasteiger partial charge is 0.321 e. The summed E-state index contributed by atoms with van der Waals surface area (Å²) in [5, 5.41) is 28.2. The lowest BCUT2D eigenvalue weighted by Gasteiger charge is -2.35. The number of aliphatic carboxylic acids is 2. The van der Waals surface area contributed by atoms with Gasteiger partial charge in [-0.15, -0.1) is 0 Å². The van der Waals surface area contributed by atoms with Crippen molar-refractivity contribution < 1.29 is 29.6 Å². The lowest BCUT2D eigenvalue weighted by atomic mass is 9.66. The molecular formula is C13H20O6. The van der Waals surface area contributed by atoms with Crippen LogP contribution >= 0.6 is 0 Å². The Hall–Kier alpha value is -1.14. The van der Waals surface area contributed by atoms with Crippen LogP contribution in [0, 0.1) is 11.3 Å². The molecule has 6 heteroatoms. The highest BCUT2D eigenvalue weighted by molar-refractivity contribution is 5.98. The molecule has 19 heavy (non-hydrogen) atoms. The fourth-order valence-corrected chi connectivity index (χ4v) is 3.15. The van der Waals surface area contributed by atoms with Crippen LogP contribution in [0.3, 0.4) is 0 Å². The van der Waals surface area contributed by atoms with Crippen molar-refractivity contribution in [1.29, 1.82) is 0 Å². The Kier molecular flexibility index (Phi) is 3.82. The Bertz CT molecular complexity index is 363. The van der Waals surface area contributed by atoms with E-state index in [1.807, 2.05) is 0 Å². The largest absolute Gasteiger partial charge is 0.480 e. The molecule has 6 nitrogen and oxygen atoms in total. The van der Waals surface area contributed by atoms with E-state index in [0.29, 0.717) is 12.8 Å². The normalized spacial score (nSPS) is 31.4. The molecule has 3 N–H and O–H groups in total. The summed E-state index contributed by atoms with van der Waals surface area (Å²) in [5.41, 5.74) is -1.80. The molecule has 1 saturated carbocycles. The van der Waals surface area contributed by atoms with E-state index in [9.17, 15) is 24.9 Å². The van der Waals surface area contributed by atoms with Gasteiger partial charge >= 0.3 is 11.9 Å². The SMILES string of the molecule is CC(O)CCC(C(=O)O)(C(=O)O)C1CCC2OC2C1. The number of carbonyl (C=O) groups is 2. The first-order valence-corrected chi connectivity index (χ1v) is 6.68. The van der Waals surface area contributed by atoms with Gasteiger partial charge in [0.25, 0.3) is 0 Å². The van der Waals surface area contributed by atoms with E-state index in [1.165, 1.54) is 6.92 Å². The molecule has 108 valence electrons. The molecule has 4 atom stereocenters. The summed E-state index contributed by atoms with van der Waals surface area (Å²) >= 11 is 0. The Morgan fingerprint density at radius 1 is 1.26 bits per heavy atom. The van der Waals surface area contributed by atoms with Crippen LogP contribution in [0.2, 0.25) is 0 Å². The molecule has 1 aliphatic carbocycles. The van der Waals surface area contributed by atoms with Gasteiger partial charge in [-0.25, -0.2) is 0 Å². The monoisotopic (exact) mass is 272 g/mol. The molecule has 0 aromatic heterocycles. The van der Waals surface area contributed by atoms with Crippen LogP contribution in [0.1, 0.15) is 39.0 Å². The van der Waals surface area contributed by atoms with Gasteiger partial charge in [0.1, 0.15) is 0 Å². The molecule has 0 aromatic rings. The Balaban J connectivity index is 2.20. The topological polar surface area (TPSA) is 107 Å². The van der Waals surface area contributed by atoms with E-state index in [1.54, 1.807) is 0 Å². The number of fused-ring (bicyclic) bond motifs is 1. The predicted octanol–water partition coefficient (Wildman–Crippen LogP) is 0.870.